The van der Waals surface area contributed by atoms with Crippen LogP contribution in [0.25, 0.3) is 27.5 Å². The Balaban J connectivity index is 1.56. The number of hydrogen-bond donors (Lipinski definition) is 2. The average molecular weight is 434 g/mol. The summed E-state index contributed by atoms with van der Waals surface area (Å²) in [6, 6.07) is 10.1. The molecular weight excluding hydrogens is 410 g/mol. The summed E-state index contributed by atoms with van der Waals surface area (Å²) in [4.78, 5) is 7.10. The average Bonchev–Trinajstić information content (AvgIpc) is 3.36. The number of thiophene rings is 1. The summed E-state index contributed by atoms with van der Waals surface area (Å²) < 4.78 is 7.04. The molecule has 1 aliphatic rings. The first kappa shape index (κ1) is 19.7. The third kappa shape index (κ3) is 3.66. The van der Waals surface area contributed by atoms with Crippen molar-refractivity contribution >= 4 is 17.2 Å². The number of anilines is 1. The molecule has 0 fully saturated rings. The Morgan fingerprint density at radius 2 is 2.03 bits per heavy atom. The van der Waals surface area contributed by atoms with Crippen LogP contribution < -0.4 is 15.8 Å². The number of nitrogens with one attached hydrogen (secondary N) is 1. The fraction of sp³-hybridized carbons (Fsp3) is 0.273. The molecule has 1 aliphatic heterocycles. The zero-order valence-electron chi connectivity index (χ0n) is 17.4. The molecule has 4 heterocycles. The molecule has 0 amide bonds. The molecule has 0 atom stereocenters. The van der Waals surface area contributed by atoms with E-state index in [1.54, 1.807) is 11.8 Å². The minimum atomic E-state index is 0.396. The van der Waals surface area contributed by atoms with Gasteiger partial charge in [0.05, 0.1) is 18.4 Å². The molecule has 4 aromatic rings. The number of aromatic nitrogens is 5. The molecular formula is C22H23N7OS. The van der Waals surface area contributed by atoms with Gasteiger partial charge in [-0.05, 0) is 84.7 Å². The van der Waals surface area contributed by atoms with E-state index >= 15 is 0 Å². The topological polar surface area (TPSA) is 104 Å². The highest BCUT2D eigenvalue weighted by Gasteiger charge is 2.18. The number of nitrogens with two attached hydrogens (primary N) is 1. The minimum Gasteiger partial charge on any atom is -0.496 e. The van der Waals surface area contributed by atoms with Crippen LogP contribution in [0.1, 0.15) is 16.0 Å². The lowest BCUT2D eigenvalue weighted by atomic mass is 10.1. The predicted octanol–water partition coefficient (Wildman–Crippen LogP) is 3.04. The van der Waals surface area contributed by atoms with Crippen LogP contribution in [0.2, 0.25) is 0 Å². The van der Waals surface area contributed by atoms with E-state index in [9.17, 15) is 0 Å². The van der Waals surface area contributed by atoms with Gasteiger partial charge in [-0.25, -0.2) is 4.98 Å². The number of nitrogens with zero attached hydrogens (tertiary/aromatic N) is 5. The zero-order chi connectivity index (χ0) is 21.4. The number of tetrazole rings is 1. The van der Waals surface area contributed by atoms with Crippen LogP contribution in [-0.4, -0.2) is 45.4 Å². The highest BCUT2D eigenvalue weighted by molar-refractivity contribution is 7.15. The Morgan fingerprint density at radius 3 is 2.87 bits per heavy atom. The van der Waals surface area contributed by atoms with Gasteiger partial charge in [-0.3, -0.25) is 0 Å². The van der Waals surface area contributed by atoms with Crippen molar-refractivity contribution in [2.45, 2.75) is 19.8 Å². The molecule has 0 radical (unpaired) electrons. The van der Waals surface area contributed by atoms with Gasteiger partial charge in [-0.2, -0.15) is 4.68 Å². The molecule has 9 heteroatoms. The normalized spacial score (nSPS) is 13.6. The fourth-order valence-electron chi connectivity index (χ4n) is 3.89. The van der Waals surface area contributed by atoms with Gasteiger partial charge in [0.1, 0.15) is 11.6 Å². The van der Waals surface area contributed by atoms with Gasteiger partial charge < -0.3 is 15.8 Å². The van der Waals surface area contributed by atoms with Crippen LogP contribution in [0, 0.1) is 6.92 Å². The summed E-state index contributed by atoms with van der Waals surface area (Å²) in [5, 5.41) is 15.8. The van der Waals surface area contributed by atoms with E-state index in [1.807, 2.05) is 48.7 Å². The molecule has 0 spiro atoms. The molecule has 8 nitrogen and oxygen atoms in total. The van der Waals surface area contributed by atoms with Gasteiger partial charge in [-0.1, -0.05) is 0 Å². The summed E-state index contributed by atoms with van der Waals surface area (Å²) in [6.45, 7) is 4.03. The summed E-state index contributed by atoms with van der Waals surface area (Å²) in [5.74, 6) is 1.76. The van der Waals surface area contributed by atoms with E-state index in [0.29, 0.717) is 17.2 Å². The molecule has 1 aromatic carbocycles. The molecule has 31 heavy (non-hydrogen) atoms. The Labute approximate surface area is 184 Å². The highest BCUT2D eigenvalue weighted by Crippen LogP contribution is 2.36. The maximum absolute atomic E-state index is 6.25. The van der Waals surface area contributed by atoms with Gasteiger partial charge in [0.25, 0.3) is 0 Å². The van der Waals surface area contributed by atoms with E-state index < -0.39 is 0 Å². The third-order valence-electron chi connectivity index (χ3n) is 5.53. The van der Waals surface area contributed by atoms with Crippen LogP contribution in [0.3, 0.4) is 0 Å². The van der Waals surface area contributed by atoms with E-state index in [2.05, 4.69) is 31.9 Å². The number of fused-ring (bicyclic) bond motifs is 1. The van der Waals surface area contributed by atoms with Gasteiger partial charge >= 0.3 is 0 Å². The number of aryl methyl sites for hydroxylation is 1. The van der Waals surface area contributed by atoms with Crippen LogP contribution >= 0.6 is 11.3 Å². The largest absolute Gasteiger partial charge is 0.496 e. The van der Waals surface area contributed by atoms with Crippen LogP contribution in [-0.2, 0) is 12.8 Å². The molecule has 158 valence electrons. The van der Waals surface area contributed by atoms with Gasteiger partial charge in [-0.15, -0.1) is 16.4 Å². The standard InChI is InChI=1S/C22H23N7OS/c1-13-9-16(3-4-18(13)30-2)29-22(26-27-28-29)17-10-15(12-25-21(17)23)20-11-14-5-7-24-8-6-19(14)31-20/h3-4,9-12,24H,5-8H2,1-2H3,(H2,23,25). The second kappa shape index (κ2) is 8.09. The zero-order valence-corrected chi connectivity index (χ0v) is 18.2. The lowest BCUT2D eigenvalue weighted by molar-refractivity contribution is 0.411. The molecule has 0 saturated carbocycles. The molecule has 3 aromatic heterocycles. The Kier molecular flexibility index (Phi) is 5.13. The first-order valence-electron chi connectivity index (χ1n) is 10.2. The SMILES string of the molecule is COc1ccc(-n2nnnc2-c2cc(-c3cc4c(s3)CCNCC4)cnc2N)cc1C. The quantitative estimate of drug-likeness (QED) is 0.510. The molecule has 3 N–H and O–H groups in total. The Morgan fingerprint density at radius 1 is 1.16 bits per heavy atom. The van der Waals surface area contributed by atoms with Gasteiger partial charge in [0.2, 0.25) is 0 Å². The molecule has 0 bridgehead atoms. The van der Waals surface area contributed by atoms with Gasteiger partial charge in [0, 0.05) is 21.5 Å². The van der Waals surface area contributed by atoms with Crippen molar-refractivity contribution in [3.8, 4) is 33.3 Å². The molecule has 0 unspecified atom stereocenters. The number of ether oxygens (including phenoxy) is 1. The Hall–Kier alpha value is -3.30. The number of pyridine rings is 1. The minimum absolute atomic E-state index is 0.396. The van der Waals surface area contributed by atoms with E-state index in [1.165, 1.54) is 15.3 Å². The summed E-state index contributed by atoms with van der Waals surface area (Å²) in [7, 11) is 1.66. The highest BCUT2D eigenvalue weighted by atomic mass is 32.1. The predicted molar refractivity (Wildman–Crippen MR) is 122 cm³/mol. The van der Waals surface area contributed by atoms with Crippen LogP contribution in [0.5, 0.6) is 5.75 Å². The summed E-state index contributed by atoms with van der Waals surface area (Å²) >= 11 is 1.83. The first-order valence-corrected chi connectivity index (χ1v) is 11.0. The number of rotatable bonds is 4. The van der Waals surface area contributed by atoms with E-state index in [4.69, 9.17) is 10.5 Å². The van der Waals surface area contributed by atoms with Crippen molar-refractivity contribution in [2.75, 3.05) is 25.9 Å². The van der Waals surface area contributed by atoms with Crippen molar-refractivity contribution in [3.63, 3.8) is 0 Å². The van der Waals surface area contributed by atoms with E-state index in [-0.39, 0.29) is 0 Å². The monoisotopic (exact) mass is 433 g/mol. The van der Waals surface area contributed by atoms with Gasteiger partial charge in [0.15, 0.2) is 5.82 Å². The number of hydrogen-bond acceptors (Lipinski definition) is 8. The van der Waals surface area contributed by atoms with Crippen molar-refractivity contribution in [1.29, 1.82) is 0 Å². The maximum atomic E-state index is 6.25. The van der Waals surface area contributed by atoms with Crippen molar-refractivity contribution in [2.24, 2.45) is 0 Å². The van der Waals surface area contributed by atoms with Crippen molar-refractivity contribution in [1.82, 2.24) is 30.5 Å². The van der Waals surface area contributed by atoms with E-state index in [0.717, 1.165) is 48.5 Å². The third-order valence-corrected chi connectivity index (χ3v) is 6.82. The second-order valence-electron chi connectivity index (χ2n) is 7.53. The molecule has 0 aliphatic carbocycles. The molecule has 0 saturated heterocycles. The van der Waals surface area contributed by atoms with Crippen LogP contribution in [0.4, 0.5) is 5.82 Å². The van der Waals surface area contributed by atoms with Crippen molar-refractivity contribution < 1.29 is 4.74 Å². The lowest BCUT2D eigenvalue weighted by Gasteiger charge is -2.10. The second-order valence-corrected chi connectivity index (χ2v) is 8.67. The number of benzene rings is 1. The summed E-state index contributed by atoms with van der Waals surface area (Å²) in [6.07, 6.45) is 3.94. The lowest BCUT2D eigenvalue weighted by Crippen LogP contribution is -2.16. The summed E-state index contributed by atoms with van der Waals surface area (Å²) in [5.41, 5.74) is 11.2. The van der Waals surface area contributed by atoms with Crippen molar-refractivity contribution in [3.05, 3.63) is 52.5 Å². The smallest absolute Gasteiger partial charge is 0.190 e. The van der Waals surface area contributed by atoms with Crippen LogP contribution in [0.15, 0.2) is 36.5 Å². The fourth-order valence-corrected chi connectivity index (χ4v) is 5.09. The first-order chi connectivity index (χ1) is 15.1. The number of methoxy groups -OCH3 is 1. The number of nitrogen functional groups attached to an aromatic ring is 1. The maximum Gasteiger partial charge on any atom is 0.190 e. The Bertz CT molecular complexity index is 1220. The molecule has 5 rings (SSSR count).